The first-order valence-electron chi connectivity index (χ1n) is 8.07. The highest BCUT2D eigenvalue weighted by Gasteiger charge is 2.28. The van der Waals surface area contributed by atoms with Crippen molar-refractivity contribution in [1.82, 2.24) is 19.9 Å². The molecule has 1 aliphatic heterocycles. The van der Waals surface area contributed by atoms with Gasteiger partial charge in [-0.1, -0.05) is 0 Å². The third-order valence-electron chi connectivity index (χ3n) is 4.02. The Hall–Kier alpha value is -1.86. The molecule has 3 rings (SSSR count). The Kier molecular flexibility index (Phi) is 4.91. The molecular formula is C17H22N4O2S. The molecule has 0 saturated carbocycles. The Balaban J connectivity index is 1.70. The quantitative estimate of drug-likeness (QED) is 0.853. The number of thiazole rings is 1. The molecule has 1 aliphatic rings. The first kappa shape index (κ1) is 17.0. The molecule has 2 aromatic rings. The highest BCUT2D eigenvalue weighted by molar-refractivity contribution is 7.11. The molecule has 6 nitrogen and oxygen atoms in total. The van der Waals surface area contributed by atoms with Gasteiger partial charge in [-0.05, 0) is 33.8 Å². The Morgan fingerprint density at radius 3 is 2.58 bits per heavy atom. The lowest BCUT2D eigenvalue weighted by atomic mass is 10.2. The second kappa shape index (κ2) is 6.94. The van der Waals surface area contributed by atoms with E-state index >= 15 is 0 Å². The van der Waals surface area contributed by atoms with Crippen LogP contribution in [0.5, 0.6) is 0 Å². The van der Waals surface area contributed by atoms with E-state index in [1.54, 1.807) is 11.3 Å². The molecule has 1 saturated heterocycles. The van der Waals surface area contributed by atoms with E-state index in [9.17, 15) is 4.79 Å². The van der Waals surface area contributed by atoms with Gasteiger partial charge in [0.15, 0.2) is 5.82 Å². The van der Waals surface area contributed by atoms with E-state index < -0.39 is 0 Å². The van der Waals surface area contributed by atoms with Crippen LogP contribution in [-0.2, 0) is 16.0 Å². The number of carbonyl (C=O) groups is 1. The maximum atomic E-state index is 12.6. The summed E-state index contributed by atoms with van der Waals surface area (Å²) in [5.41, 5.74) is 2.79. The van der Waals surface area contributed by atoms with E-state index in [2.05, 4.69) is 15.0 Å². The molecule has 7 heteroatoms. The van der Waals surface area contributed by atoms with Crippen LogP contribution in [0.4, 0.5) is 0 Å². The maximum absolute atomic E-state index is 12.6. The molecule has 128 valence electrons. The molecule has 2 aromatic heterocycles. The van der Waals surface area contributed by atoms with Gasteiger partial charge >= 0.3 is 0 Å². The number of carbonyl (C=O) groups excluding carboxylic acids is 1. The standard InChI is InChI=1S/C17H22N4O2S/c1-10-7-11(2)19-17(18-10)14-9-21(5-6-23-14)16(22)8-15-12(3)20-13(4)24-15/h7,14H,5-6,8-9H2,1-4H3/t14-/m1/s1. The zero-order chi connectivity index (χ0) is 17.3. The maximum Gasteiger partial charge on any atom is 0.228 e. The monoisotopic (exact) mass is 346 g/mol. The predicted octanol–water partition coefficient (Wildman–Crippen LogP) is 2.31. The van der Waals surface area contributed by atoms with Gasteiger partial charge in [0.05, 0.1) is 30.3 Å². The van der Waals surface area contributed by atoms with Gasteiger partial charge in [-0.15, -0.1) is 11.3 Å². The number of rotatable bonds is 3. The van der Waals surface area contributed by atoms with E-state index in [1.807, 2.05) is 38.7 Å². The minimum absolute atomic E-state index is 0.111. The van der Waals surface area contributed by atoms with E-state index in [0.29, 0.717) is 31.9 Å². The zero-order valence-electron chi connectivity index (χ0n) is 14.5. The van der Waals surface area contributed by atoms with Crippen LogP contribution in [0.25, 0.3) is 0 Å². The van der Waals surface area contributed by atoms with Crippen LogP contribution in [0.2, 0.25) is 0 Å². The number of morpholine rings is 1. The Morgan fingerprint density at radius 2 is 1.96 bits per heavy atom. The van der Waals surface area contributed by atoms with Gasteiger partial charge < -0.3 is 9.64 Å². The van der Waals surface area contributed by atoms with Crippen LogP contribution < -0.4 is 0 Å². The van der Waals surface area contributed by atoms with Crippen LogP contribution in [0.1, 0.15) is 38.9 Å². The predicted molar refractivity (Wildman–Crippen MR) is 92.1 cm³/mol. The number of aromatic nitrogens is 3. The molecular weight excluding hydrogens is 324 g/mol. The second-order valence-electron chi connectivity index (χ2n) is 6.13. The topological polar surface area (TPSA) is 68.2 Å². The van der Waals surface area contributed by atoms with Gasteiger partial charge in [0.25, 0.3) is 0 Å². The highest BCUT2D eigenvalue weighted by Crippen LogP contribution is 2.22. The van der Waals surface area contributed by atoms with E-state index in [0.717, 1.165) is 27.0 Å². The lowest BCUT2D eigenvalue weighted by Crippen LogP contribution is -2.43. The Morgan fingerprint density at radius 1 is 1.25 bits per heavy atom. The summed E-state index contributed by atoms with van der Waals surface area (Å²) in [6.07, 6.45) is 0.142. The summed E-state index contributed by atoms with van der Waals surface area (Å²) in [6, 6.07) is 1.93. The van der Waals surface area contributed by atoms with Crippen molar-refractivity contribution in [2.75, 3.05) is 19.7 Å². The van der Waals surface area contributed by atoms with Crippen molar-refractivity contribution >= 4 is 17.2 Å². The summed E-state index contributed by atoms with van der Waals surface area (Å²) < 4.78 is 5.80. The van der Waals surface area contributed by atoms with Gasteiger partial charge in [-0.25, -0.2) is 15.0 Å². The van der Waals surface area contributed by atoms with Gasteiger partial charge in [0.2, 0.25) is 5.91 Å². The summed E-state index contributed by atoms with van der Waals surface area (Å²) in [7, 11) is 0. The average Bonchev–Trinajstić information content (AvgIpc) is 2.84. The van der Waals surface area contributed by atoms with Gasteiger partial charge in [-0.2, -0.15) is 0 Å². The van der Waals surface area contributed by atoms with Crippen LogP contribution in [0.15, 0.2) is 6.07 Å². The van der Waals surface area contributed by atoms with Gasteiger partial charge in [-0.3, -0.25) is 4.79 Å². The van der Waals surface area contributed by atoms with Crippen LogP contribution >= 0.6 is 11.3 Å². The third kappa shape index (κ3) is 3.79. The number of aryl methyl sites for hydroxylation is 4. The minimum atomic E-state index is -0.259. The molecule has 0 aliphatic carbocycles. The van der Waals surface area contributed by atoms with E-state index in [4.69, 9.17) is 4.74 Å². The summed E-state index contributed by atoms with van der Waals surface area (Å²) >= 11 is 1.59. The molecule has 1 atom stereocenters. The van der Waals surface area contributed by atoms with Crippen molar-refractivity contribution in [3.8, 4) is 0 Å². The van der Waals surface area contributed by atoms with Crippen molar-refractivity contribution in [2.24, 2.45) is 0 Å². The number of nitrogens with zero attached hydrogens (tertiary/aromatic N) is 4. The van der Waals surface area contributed by atoms with Crippen molar-refractivity contribution < 1.29 is 9.53 Å². The lowest BCUT2D eigenvalue weighted by Gasteiger charge is -2.32. The molecule has 0 bridgehead atoms. The van der Waals surface area contributed by atoms with Crippen LogP contribution in [-0.4, -0.2) is 45.5 Å². The zero-order valence-corrected chi connectivity index (χ0v) is 15.3. The lowest BCUT2D eigenvalue weighted by molar-refractivity contribution is -0.138. The Bertz CT molecular complexity index is 739. The summed E-state index contributed by atoms with van der Waals surface area (Å²) in [5.74, 6) is 0.772. The molecule has 1 fully saturated rings. The second-order valence-corrected chi connectivity index (χ2v) is 7.41. The number of hydrogen-bond donors (Lipinski definition) is 0. The fourth-order valence-electron chi connectivity index (χ4n) is 2.92. The smallest absolute Gasteiger partial charge is 0.228 e. The molecule has 0 N–H and O–H groups in total. The normalized spacial score (nSPS) is 18.0. The van der Waals surface area contributed by atoms with E-state index in [-0.39, 0.29) is 12.0 Å². The molecule has 24 heavy (non-hydrogen) atoms. The first-order chi connectivity index (χ1) is 11.4. The number of ether oxygens (including phenoxy) is 1. The van der Waals surface area contributed by atoms with E-state index in [1.165, 1.54) is 0 Å². The molecule has 3 heterocycles. The van der Waals surface area contributed by atoms with Crippen LogP contribution in [0, 0.1) is 27.7 Å². The molecule has 0 spiro atoms. The van der Waals surface area contributed by atoms with Crippen molar-refractivity contribution in [2.45, 2.75) is 40.2 Å². The fraction of sp³-hybridized carbons (Fsp3) is 0.529. The van der Waals surface area contributed by atoms with Gasteiger partial charge in [0, 0.05) is 22.8 Å². The van der Waals surface area contributed by atoms with Crippen LogP contribution in [0.3, 0.4) is 0 Å². The Labute approximate surface area is 145 Å². The summed E-state index contributed by atoms with van der Waals surface area (Å²) in [6.45, 7) is 9.42. The summed E-state index contributed by atoms with van der Waals surface area (Å²) in [5, 5.41) is 0.999. The average molecular weight is 346 g/mol. The van der Waals surface area contributed by atoms with Gasteiger partial charge in [0.1, 0.15) is 6.10 Å². The minimum Gasteiger partial charge on any atom is -0.367 e. The number of amides is 1. The fourth-order valence-corrected chi connectivity index (χ4v) is 3.84. The SMILES string of the molecule is Cc1cc(C)nc([C@H]2CN(C(=O)Cc3sc(C)nc3C)CCO2)n1. The van der Waals surface area contributed by atoms with Crippen molar-refractivity contribution in [3.63, 3.8) is 0 Å². The molecule has 0 aromatic carbocycles. The number of hydrogen-bond acceptors (Lipinski definition) is 6. The van der Waals surface area contributed by atoms with Crippen molar-refractivity contribution in [1.29, 1.82) is 0 Å². The highest BCUT2D eigenvalue weighted by atomic mass is 32.1. The first-order valence-corrected chi connectivity index (χ1v) is 8.88. The molecule has 1 amide bonds. The molecule has 0 unspecified atom stereocenters. The largest absolute Gasteiger partial charge is 0.367 e. The third-order valence-corrected chi connectivity index (χ3v) is 5.09. The summed E-state index contributed by atoms with van der Waals surface area (Å²) in [4.78, 5) is 28.9. The molecule has 0 radical (unpaired) electrons. The van der Waals surface area contributed by atoms with Crippen molar-refractivity contribution in [3.05, 3.63) is 38.9 Å².